The monoisotopic (exact) mass is 343 g/mol. The third-order valence-corrected chi connectivity index (χ3v) is 5.66. The zero-order valence-corrected chi connectivity index (χ0v) is 18.4. The van der Waals surface area contributed by atoms with Gasteiger partial charge in [-0.05, 0) is 65.5 Å². The van der Waals surface area contributed by atoms with Gasteiger partial charge in [0.2, 0.25) is 0 Å². The third kappa shape index (κ3) is 3.25. The van der Waals surface area contributed by atoms with Crippen LogP contribution in [0.25, 0.3) is 0 Å². The number of anilines is 1. The van der Waals surface area contributed by atoms with Crippen molar-refractivity contribution < 1.29 is 4.58 Å². The molecule has 0 bridgehead atoms. The Morgan fingerprint density at radius 3 is 1.76 bits per heavy atom. The van der Waals surface area contributed by atoms with Crippen LogP contribution in [0.1, 0.15) is 72.1 Å². The maximum absolute atomic E-state index is 2.70. The molecule has 0 saturated carbocycles. The number of amidine groups is 1. The van der Waals surface area contributed by atoms with E-state index in [0.29, 0.717) is 23.9 Å². The fourth-order valence-electron chi connectivity index (χ4n) is 5.23. The third-order valence-electron chi connectivity index (χ3n) is 5.66. The number of hydrogen-bond acceptors (Lipinski definition) is 1. The number of aryl methyl sites for hydroxylation is 3. The maximum atomic E-state index is 2.70. The smallest absolute Gasteiger partial charge is 0.255 e. The van der Waals surface area contributed by atoms with Crippen LogP contribution in [0.4, 0.5) is 5.69 Å². The topological polar surface area (TPSA) is 6.25 Å². The lowest BCUT2D eigenvalue weighted by Crippen LogP contribution is -2.53. The van der Waals surface area contributed by atoms with Crippen molar-refractivity contribution in [2.75, 3.05) is 4.90 Å². The van der Waals surface area contributed by atoms with Crippen LogP contribution in [0.5, 0.6) is 0 Å². The molecular formula is C23H39N2+. The second-order valence-corrected chi connectivity index (χ2v) is 9.44. The second-order valence-electron chi connectivity index (χ2n) is 9.44. The summed E-state index contributed by atoms with van der Waals surface area (Å²) in [6, 6.07) is 5.67. The average Bonchev–Trinajstić information content (AvgIpc) is 2.66. The molecule has 1 aliphatic rings. The van der Waals surface area contributed by atoms with Crippen molar-refractivity contribution in [2.45, 2.75) is 93.8 Å². The highest BCUT2D eigenvalue weighted by Gasteiger charge is 2.57. The van der Waals surface area contributed by atoms with Crippen LogP contribution >= 0.6 is 0 Å². The molecule has 140 valence electrons. The summed E-state index contributed by atoms with van der Waals surface area (Å²) < 4.78 is 2.70. The molecule has 0 amide bonds. The van der Waals surface area contributed by atoms with Crippen LogP contribution in [0.3, 0.4) is 0 Å². The summed E-state index contributed by atoms with van der Waals surface area (Å²) >= 11 is 0. The quantitative estimate of drug-likeness (QED) is 0.635. The summed E-state index contributed by atoms with van der Waals surface area (Å²) in [5.41, 5.74) is 5.59. The van der Waals surface area contributed by atoms with Gasteiger partial charge in [-0.15, -0.1) is 0 Å². The first-order chi connectivity index (χ1) is 11.4. The second kappa shape index (κ2) is 6.78. The van der Waals surface area contributed by atoms with Crippen LogP contribution in [0.2, 0.25) is 0 Å². The van der Waals surface area contributed by atoms with Gasteiger partial charge in [0.1, 0.15) is 17.3 Å². The predicted octanol–water partition coefficient (Wildman–Crippen LogP) is 5.71. The maximum Gasteiger partial charge on any atom is 0.255 e. The first-order valence-electron chi connectivity index (χ1n) is 9.94. The first-order valence-corrected chi connectivity index (χ1v) is 9.94. The molecule has 2 nitrogen and oxygen atoms in total. The van der Waals surface area contributed by atoms with Crippen molar-refractivity contribution in [3.05, 3.63) is 28.8 Å². The molecule has 0 radical (unpaired) electrons. The normalized spacial score (nSPS) is 20.6. The molecule has 0 saturated heterocycles. The van der Waals surface area contributed by atoms with Gasteiger partial charge >= 0.3 is 0 Å². The lowest BCUT2D eigenvalue weighted by molar-refractivity contribution is -0.601. The van der Waals surface area contributed by atoms with Crippen LogP contribution in [0, 0.1) is 32.6 Å². The highest BCUT2D eigenvalue weighted by atomic mass is 15.4. The van der Waals surface area contributed by atoms with Crippen molar-refractivity contribution in [1.29, 1.82) is 0 Å². The molecule has 2 rings (SSSR count). The van der Waals surface area contributed by atoms with Crippen molar-refractivity contribution in [3.8, 4) is 0 Å². The molecule has 1 heterocycles. The number of rotatable bonds is 4. The summed E-state index contributed by atoms with van der Waals surface area (Å²) in [5, 5.41) is 0. The van der Waals surface area contributed by atoms with E-state index in [1.54, 1.807) is 0 Å². The lowest BCUT2D eigenvalue weighted by Gasteiger charge is -2.35. The average molecular weight is 344 g/mol. The molecule has 1 aromatic carbocycles. The Morgan fingerprint density at radius 1 is 0.920 bits per heavy atom. The zero-order valence-electron chi connectivity index (χ0n) is 18.4. The minimum absolute atomic E-state index is 0.0584. The standard InChI is InChI=1S/C23H39N2/c1-14(2)21-23(10,11)25(22(15(3)4)24(21)16(5)6)20-18(8)12-17(7)13-19(20)9/h12-16,21H,1-11H3/q+1/t21-/m0/s1. The number of hydrogen-bond donors (Lipinski definition) is 0. The lowest BCUT2D eigenvalue weighted by atomic mass is 9.84. The molecule has 0 spiro atoms. The van der Waals surface area contributed by atoms with E-state index in [0.717, 1.165) is 0 Å². The Labute approximate surface area is 155 Å². The number of nitrogens with zero attached hydrogens (tertiary/aromatic N) is 2. The molecule has 25 heavy (non-hydrogen) atoms. The minimum atomic E-state index is 0.0584. The van der Waals surface area contributed by atoms with Gasteiger partial charge in [-0.3, -0.25) is 4.58 Å². The van der Waals surface area contributed by atoms with Gasteiger partial charge in [0.15, 0.2) is 0 Å². The number of benzene rings is 1. The van der Waals surface area contributed by atoms with Crippen LogP contribution in [0.15, 0.2) is 12.1 Å². The van der Waals surface area contributed by atoms with E-state index in [-0.39, 0.29) is 5.54 Å². The Kier molecular flexibility index (Phi) is 5.42. The van der Waals surface area contributed by atoms with Gasteiger partial charge in [0.25, 0.3) is 5.84 Å². The van der Waals surface area contributed by atoms with Gasteiger partial charge in [0, 0.05) is 0 Å². The molecule has 0 N–H and O–H groups in total. The molecule has 0 fully saturated rings. The van der Waals surface area contributed by atoms with E-state index in [1.807, 2.05) is 0 Å². The SMILES string of the molecule is Cc1cc(C)c(N2C(C(C)C)=[N+](C(C)C)[C@@H](C(C)C)C2(C)C)c(C)c1. The summed E-state index contributed by atoms with van der Waals surface area (Å²) in [6.07, 6.45) is 0. The molecule has 1 atom stereocenters. The molecule has 0 unspecified atom stereocenters. The predicted molar refractivity (Wildman–Crippen MR) is 111 cm³/mol. The Hall–Kier alpha value is -1.31. The van der Waals surface area contributed by atoms with Crippen LogP contribution in [-0.4, -0.2) is 28.0 Å². The van der Waals surface area contributed by atoms with Gasteiger partial charge in [-0.1, -0.05) is 45.4 Å². The van der Waals surface area contributed by atoms with Crippen molar-refractivity contribution >= 4 is 11.5 Å². The van der Waals surface area contributed by atoms with E-state index < -0.39 is 0 Å². The van der Waals surface area contributed by atoms with Crippen LogP contribution in [-0.2, 0) is 0 Å². The Balaban J connectivity index is 2.83. The van der Waals surface area contributed by atoms with Gasteiger partial charge < -0.3 is 0 Å². The summed E-state index contributed by atoms with van der Waals surface area (Å²) in [4.78, 5) is 2.67. The largest absolute Gasteiger partial charge is 0.255 e. The summed E-state index contributed by atoms with van der Waals surface area (Å²) in [7, 11) is 0. The van der Waals surface area contributed by atoms with E-state index in [4.69, 9.17) is 0 Å². The fraction of sp³-hybridized carbons (Fsp3) is 0.696. The van der Waals surface area contributed by atoms with Gasteiger partial charge in [-0.2, -0.15) is 0 Å². The Morgan fingerprint density at radius 2 is 1.40 bits per heavy atom. The Bertz CT molecular complexity index is 654. The van der Waals surface area contributed by atoms with Crippen molar-refractivity contribution in [2.24, 2.45) is 11.8 Å². The van der Waals surface area contributed by atoms with E-state index in [1.165, 1.54) is 28.2 Å². The zero-order chi connectivity index (χ0) is 19.3. The van der Waals surface area contributed by atoms with Crippen molar-refractivity contribution in [3.63, 3.8) is 0 Å². The van der Waals surface area contributed by atoms with Gasteiger partial charge in [0.05, 0.1) is 12.0 Å². The molecule has 0 aromatic heterocycles. The molecule has 1 aromatic rings. The molecule has 1 aliphatic heterocycles. The van der Waals surface area contributed by atoms with E-state index in [2.05, 4.69) is 97.8 Å². The highest BCUT2D eigenvalue weighted by molar-refractivity contribution is 5.99. The minimum Gasteiger partial charge on any atom is -0.255 e. The van der Waals surface area contributed by atoms with E-state index >= 15 is 0 Å². The summed E-state index contributed by atoms with van der Waals surface area (Å²) in [5.74, 6) is 2.57. The first kappa shape index (κ1) is 20.0. The highest BCUT2D eigenvalue weighted by Crippen LogP contribution is 2.42. The van der Waals surface area contributed by atoms with E-state index in [9.17, 15) is 0 Å². The fourth-order valence-corrected chi connectivity index (χ4v) is 5.23. The molecular weight excluding hydrogens is 304 g/mol. The van der Waals surface area contributed by atoms with Crippen LogP contribution < -0.4 is 4.90 Å². The summed E-state index contributed by atoms with van der Waals surface area (Å²) in [6.45, 7) is 25.7. The molecule has 2 heteroatoms. The molecule has 0 aliphatic carbocycles. The van der Waals surface area contributed by atoms with Crippen molar-refractivity contribution in [1.82, 2.24) is 0 Å². The van der Waals surface area contributed by atoms with Gasteiger partial charge in [-0.25, -0.2) is 4.90 Å².